The van der Waals surface area contributed by atoms with Crippen molar-refractivity contribution in [3.8, 4) is 0 Å². The molecule has 76 valence electrons. The highest BCUT2D eigenvalue weighted by Gasteiger charge is 2.08. The van der Waals surface area contributed by atoms with Crippen LogP contribution in [0.3, 0.4) is 0 Å². The van der Waals surface area contributed by atoms with Crippen molar-refractivity contribution in [2.75, 3.05) is 13.3 Å². The molecule has 0 unspecified atom stereocenters. The van der Waals surface area contributed by atoms with Crippen LogP contribution in [0.1, 0.15) is 10.4 Å². The van der Waals surface area contributed by atoms with Crippen molar-refractivity contribution in [3.63, 3.8) is 0 Å². The molecule has 0 spiro atoms. The second-order valence-corrected chi connectivity index (χ2v) is 5.26. The van der Waals surface area contributed by atoms with Gasteiger partial charge in [0.1, 0.15) is 0 Å². The number of aromatic carboxylic acids is 1. The number of carboxylic acid groups (broad SMARTS) is 1. The number of benzene rings is 1. The van der Waals surface area contributed by atoms with Gasteiger partial charge in [-0.05, 0) is 18.2 Å². The third-order valence-electron chi connectivity index (χ3n) is 1.87. The number of carbonyl (C=O) groups is 1. The van der Waals surface area contributed by atoms with E-state index in [0.29, 0.717) is 4.90 Å². The Morgan fingerprint density at radius 3 is 2.64 bits per heavy atom. The molecule has 0 saturated heterocycles. The van der Waals surface area contributed by atoms with Crippen LogP contribution in [0, 0.1) is 0 Å². The summed E-state index contributed by atoms with van der Waals surface area (Å²) >= 11 is 0. The zero-order valence-corrected chi connectivity index (χ0v) is 8.75. The van der Waals surface area contributed by atoms with Crippen LogP contribution in [-0.2, 0) is 9.73 Å². The van der Waals surface area contributed by atoms with Crippen molar-refractivity contribution in [3.05, 3.63) is 29.8 Å². The largest absolute Gasteiger partial charge is 0.478 e. The third kappa shape index (κ3) is 2.11. The van der Waals surface area contributed by atoms with Crippen molar-refractivity contribution in [2.45, 2.75) is 4.90 Å². The van der Waals surface area contributed by atoms with E-state index in [4.69, 9.17) is 5.11 Å². The highest BCUT2D eigenvalue weighted by Crippen LogP contribution is 2.13. The fraction of sp³-hybridized carbons (Fsp3) is 0.222. The predicted octanol–water partition coefficient (Wildman–Crippen LogP) is 1.47. The summed E-state index contributed by atoms with van der Waals surface area (Å²) in [6.07, 6.45) is 1.48. The maximum absolute atomic E-state index is 11.8. The van der Waals surface area contributed by atoms with Crippen molar-refractivity contribution in [2.24, 2.45) is 4.36 Å². The smallest absolute Gasteiger partial charge is 0.335 e. The van der Waals surface area contributed by atoms with Crippen LogP contribution in [0.4, 0.5) is 0 Å². The maximum atomic E-state index is 11.8. The van der Waals surface area contributed by atoms with Crippen molar-refractivity contribution >= 4 is 15.7 Å². The molecule has 14 heavy (non-hydrogen) atoms. The molecule has 4 nitrogen and oxygen atoms in total. The molecular formula is C9H11NO3S. The summed E-state index contributed by atoms with van der Waals surface area (Å²) in [5, 5.41) is 8.72. The minimum absolute atomic E-state index is 0.126. The molecule has 0 aromatic heterocycles. The highest BCUT2D eigenvalue weighted by molar-refractivity contribution is 7.93. The Balaban J connectivity index is 3.33. The van der Waals surface area contributed by atoms with Crippen molar-refractivity contribution in [1.82, 2.24) is 0 Å². The zero-order chi connectivity index (χ0) is 10.8. The number of hydrogen-bond acceptors (Lipinski definition) is 3. The molecule has 1 rings (SSSR count). The average molecular weight is 213 g/mol. The van der Waals surface area contributed by atoms with E-state index in [2.05, 4.69) is 4.36 Å². The Labute approximate surface area is 82.8 Å². The van der Waals surface area contributed by atoms with Gasteiger partial charge in [0.2, 0.25) is 0 Å². The van der Waals surface area contributed by atoms with Gasteiger partial charge in [-0.1, -0.05) is 6.07 Å². The minimum Gasteiger partial charge on any atom is -0.478 e. The molecule has 0 radical (unpaired) electrons. The van der Waals surface area contributed by atoms with Gasteiger partial charge in [0.05, 0.1) is 15.3 Å². The first-order chi connectivity index (χ1) is 6.47. The van der Waals surface area contributed by atoms with Gasteiger partial charge in [0.15, 0.2) is 0 Å². The van der Waals surface area contributed by atoms with Crippen LogP contribution in [-0.4, -0.2) is 28.6 Å². The molecular weight excluding hydrogens is 202 g/mol. The first-order valence-corrected chi connectivity index (χ1v) is 5.83. The molecule has 0 aliphatic carbocycles. The quantitative estimate of drug-likeness (QED) is 0.809. The highest BCUT2D eigenvalue weighted by atomic mass is 32.2. The van der Waals surface area contributed by atoms with E-state index in [1.165, 1.54) is 25.4 Å². The Morgan fingerprint density at radius 2 is 2.14 bits per heavy atom. The molecule has 0 amide bonds. The van der Waals surface area contributed by atoms with E-state index in [-0.39, 0.29) is 5.56 Å². The van der Waals surface area contributed by atoms with Gasteiger partial charge < -0.3 is 5.11 Å². The Bertz CT molecular complexity index is 473. The molecule has 0 aliphatic heterocycles. The van der Waals surface area contributed by atoms with Gasteiger partial charge in [-0.3, -0.25) is 0 Å². The van der Waals surface area contributed by atoms with Gasteiger partial charge >= 0.3 is 5.97 Å². The average Bonchev–Trinajstić information content (AvgIpc) is 2.18. The standard InChI is InChI=1S/C9H11NO3S/c1-10-14(2,13)8-5-3-4-7(6-8)9(11)12/h3-6H,1-2H3,(H,11,12)/t14-/m0/s1. The van der Waals surface area contributed by atoms with Crippen LogP contribution in [0.25, 0.3) is 0 Å². The van der Waals surface area contributed by atoms with Crippen LogP contribution in [0.15, 0.2) is 33.5 Å². The number of carboxylic acids is 1. The molecule has 1 aromatic carbocycles. The van der Waals surface area contributed by atoms with E-state index < -0.39 is 15.7 Å². The topological polar surface area (TPSA) is 66.7 Å². The lowest BCUT2D eigenvalue weighted by molar-refractivity contribution is 0.0696. The van der Waals surface area contributed by atoms with Crippen LogP contribution < -0.4 is 0 Å². The van der Waals surface area contributed by atoms with E-state index in [1.807, 2.05) is 0 Å². The first kappa shape index (κ1) is 10.7. The van der Waals surface area contributed by atoms with E-state index in [0.717, 1.165) is 0 Å². The number of hydrogen-bond donors (Lipinski definition) is 1. The van der Waals surface area contributed by atoms with Crippen molar-refractivity contribution in [1.29, 1.82) is 0 Å². The van der Waals surface area contributed by atoms with Crippen LogP contribution in [0.5, 0.6) is 0 Å². The Hall–Kier alpha value is -1.36. The molecule has 5 heteroatoms. The van der Waals surface area contributed by atoms with Gasteiger partial charge in [0, 0.05) is 18.2 Å². The summed E-state index contributed by atoms with van der Waals surface area (Å²) in [6, 6.07) is 6.02. The predicted molar refractivity (Wildman–Crippen MR) is 54.1 cm³/mol. The molecule has 0 fully saturated rings. The minimum atomic E-state index is -2.44. The molecule has 0 saturated carbocycles. The normalized spacial score (nSPS) is 14.4. The number of rotatable bonds is 2. The SMILES string of the molecule is CN=[S@@](C)(=O)c1cccc(C(=O)O)c1. The lowest BCUT2D eigenvalue weighted by atomic mass is 10.2. The molecule has 1 aromatic rings. The van der Waals surface area contributed by atoms with Crippen LogP contribution in [0.2, 0.25) is 0 Å². The molecule has 1 atom stereocenters. The zero-order valence-electron chi connectivity index (χ0n) is 7.93. The van der Waals surface area contributed by atoms with E-state index >= 15 is 0 Å². The van der Waals surface area contributed by atoms with Gasteiger partial charge in [-0.25, -0.2) is 13.4 Å². The van der Waals surface area contributed by atoms with Crippen LogP contribution >= 0.6 is 0 Å². The second kappa shape index (κ2) is 3.79. The Morgan fingerprint density at radius 1 is 1.50 bits per heavy atom. The summed E-state index contributed by atoms with van der Waals surface area (Å²) in [4.78, 5) is 11.1. The van der Waals surface area contributed by atoms with Crippen molar-refractivity contribution < 1.29 is 14.1 Å². The summed E-state index contributed by atoms with van der Waals surface area (Å²) in [7, 11) is -0.988. The van der Waals surface area contributed by atoms with Gasteiger partial charge in [-0.15, -0.1) is 0 Å². The van der Waals surface area contributed by atoms with E-state index in [1.54, 1.807) is 12.1 Å². The van der Waals surface area contributed by atoms with Gasteiger partial charge in [0.25, 0.3) is 0 Å². The Kier molecular flexibility index (Phi) is 2.90. The fourth-order valence-electron chi connectivity index (χ4n) is 0.970. The lowest BCUT2D eigenvalue weighted by Crippen LogP contribution is -2.01. The summed E-state index contributed by atoms with van der Waals surface area (Å²) in [6.45, 7) is 0. The summed E-state index contributed by atoms with van der Waals surface area (Å²) < 4.78 is 15.5. The fourth-order valence-corrected chi connectivity index (χ4v) is 1.86. The summed E-state index contributed by atoms with van der Waals surface area (Å²) in [5.41, 5.74) is 0.126. The van der Waals surface area contributed by atoms with Gasteiger partial charge in [-0.2, -0.15) is 0 Å². The monoisotopic (exact) mass is 213 g/mol. The third-order valence-corrected chi connectivity index (χ3v) is 3.69. The molecule has 0 aliphatic rings. The number of nitrogens with zero attached hydrogens (tertiary/aromatic N) is 1. The first-order valence-electron chi connectivity index (χ1n) is 3.91. The second-order valence-electron chi connectivity index (χ2n) is 2.82. The molecule has 0 heterocycles. The molecule has 0 bridgehead atoms. The lowest BCUT2D eigenvalue weighted by Gasteiger charge is -2.03. The van der Waals surface area contributed by atoms with E-state index in [9.17, 15) is 9.00 Å². The summed E-state index contributed by atoms with van der Waals surface area (Å²) in [5.74, 6) is -1.03. The maximum Gasteiger partial charge on any atom is 0.335 e. The molecule has 1 N–H and O–H groups in total.